The number of fused-ring (bicyclic) bond motifs is 1. The molecule has 6 heteroatoms. The smallest absolute Gasteiger partial charge is 0.283 e. The Labute approximate surface area is 154 Å². The van der Waals surface area contributed by atoms with E-state index in [9.17, 15) is 4.79 Å². The van der Waals surface area contributed by atoms with E-state index in [0.29, 0.717) is 9.90 Å². The summed E-state index contributed by atoms with van der Waals surface area (Å²) in [7, 11) is 1.60. The molecule has 4 nitrogen and oxygen atoms in total. The molecule has 0 saturated heterocycles. The number of nitrogens with one attached hydrogen (secondary N) is 1. The van der Waals surface area contributed by atoms with E-state index in [1.54, 1.807) is 13.2 Å². The van der Waals surface area contributed by atoms with Gasteiger partial charge in [-0.1, -0.05) is 48.0 Å². The number of ether oxygens (including phenoxy) is 1. The monoisotopic (exact) mass is 370 g/mol. The Balaban J connectivity index is 1.69. The molecule has 1 aromatic heterocycles. The molecule has 0 aliphatic carbocycles. The summed E-state index contributed by atoms with van der Waals surface area (Å²) < 4.78 is 6.08. The van der Waals surface area contributed by atoms with Crippen LogP contribution in [0.5, 0.6) is 5.75 Å². The van der Waals surface area contributed by atoms with Crippen LogP contribution in [0.2, 0.25) is 5.02 Å². The highest BCUT2D eigenvalue weighted by Crippen LogP contribution is 2.37. The predicted molar refractivity (Wildman–Crippen MR) is 105 cm³/mol. The van der Waals surface area contributed by atoms with Gasteiger partial charge >= 0.3 is 0 Å². The normalized spacial score (nSPS) is 11.4. The van der Waals surface area contributed by atoms with E-state index in [-0.39, 0.29) is 5.91 Å². The standard InChI is InChI=1S/C19H15ClN2O2S/c1-24-14-9-10-15-16(12-14)25-18(17(15)20)19(23)22-21-11-5-8-13-6-3-2-4-7-13/h2-12H,1H3,(H,22,23). The molecule has 1 heterocycles. The average Bonchev–Trinajstić information content (AvgIpc) is 2.98. The summed E-state index contributed by atoms with van der Waals surface area (Å²) in [5, 5.41) is 5.17. The maximum atomic E-state index is 12.3. The number of allylic oxidation sites excluding steroid dienone is 1. The molecule has 0 bridgehead atoms. The van der Waals surface area contributed by atoms with E-state index in [4.69, 9.17) is 16.3 Å². The molecule has 3 aromatic rings. The van der Waals surface area contributed by atoms with Crippen LogP contribution < -0.4 is 10.2 Å². The zero-order valence-electron chi connectivity index (χ0n) is 13.4. The first-order chi connectivity index (χ1) is 12.2. The van der Waals surface area contributed by atoms with Crippen LogP contribution in [0.3, 0.4) is 0 Å². The summed E-state index contributed by atoms with van der Waals surface area (Å²) in [4.78, 5) is 12.7. The number of carbonyl (C=O) groups excluding carboxylic acids is 1. The molecule has 0 unspecified atom stereocenters. The van der Waals surface area contributed by atoms with Crippen LogP contribution >= 0.6 is 22.9 Å². The molecule has 0 radical (unpaired) electrons. The third-order valence-electron chi connectivity index (χ3n) is 3.46. The van der Waals surface area contributed by atoms with Crippen molar-refractivity contribution >= 4 is 51.2 Å². The van der Waals surface area contributed by atoms with E-state index < -0.39 is 0 Å². The van der Waals surface area contributed by atoms with Gasteiger partial charge in [-0.2, -0.15) is 5.10 Å². The minimum absolute atomic E-state index is 0.338. The highest BCUT2D eigenvalue weighted by Gasteiger charge is 2.17. The maximum Gasteiger partial charge on any atom is 0.283 e. The van der Waals surface area contributed by atoms with Crippen molar-refractivity contribution in [3.63, 3.8) is 0 Å². The highest BCUT2D eigenvalue weighted by atomic mass is 35.5. The van der Waals surface area contributed by atoms with Crippen molar-refractivity contribution < 1.29 is 9.53 Å². The number of benzene rings is 2. The number of halogens is 1. The van der Waals surface area contributed by atoms with Crippen LogP contribution in [-0.4, -0.2) is 19.2 Å². The van der Waals surface area contributed by atoms with Crippen molar-refractivity contribution in [1.82, 2.24) is 5.43 Å². The van der Waals surface area contributed by atoms with Gasteiger partial charge in [-0.15, -0.1) is 11.3 Å². The van der Waals surface area contributed by atoms with Crippen LogP contribution in [0.25, 0.3) is 16.2 Å². The van der Waals surface area contributed by atoms with E-state index in [0.717, 1.165) is 21.4 Å². The molecule has 0 fully saturated rings. The zero-order chi connectivity index (χ0) is 17.6. The molecule has 0 atom stereocenters. The number of hydrazone groups is 1. The fourth-order valence-corrected chi connectivity index (χ4v) is 3.66. The number of carbonyl (C=O) groups is 1. The number of hydrogen-bond acceptors (Lipinski definition) is 4. The second-order valence-corrected chi connectivity index (χ2v) is 6.53. The summed E-state index contributed by atoms with van der Waals surface area (Å²) in [5.41, 5.74) is 3.55. The highest BCUT2D eigenvalue weighted by molar-refractivity contribution is 7.21. The lowest BCUT2D eigenvalue weighted by molar-refractivity contribution is 0.0959. The van der Waals surface area contributed by atoms with Crippen molar-refractivity contribution in [1.29, 1.82) is 0 Å². The van der Waals surface area contributed by atoms with Crippen molar-refractivity contribution in [3.05, 3.63) is 70.1 Å². The molecule has 0 aliphatic heterocycles. The fourth-order valence-electron chi connectivity index (χ4n) is 2.23. The number of rotatable bonds is 5. The Hall–Kier alpha value is -2.63. The van der Waals surface area contributed by atoms with Gasteiger partial charge in [0.1, 0.15) is 10.6 Å². The van der Waals surface area contributed by atoms with Crippen molar-refractivity contribution in [3.8, 4) is 5.75 Å². The second kappa shape index (κ2) is 7.96. The Morgan fingerprint density at radius 3 is 2.80 bits per heavy atom. The first kappa shape index (κ1) is 17.2. The van der Waals surface area contributed by atoms with Gasteiger partial charge in [0.25, 0.3) is 5.91 Å². The van der Waals surface area contributed by atoms with E-state index in [2.05, 4.69) is 10.5 Å². The molecule has 0 spiro atoms. The molecule has 25 heavy (non-hydrogen) atoms. The molecule has 126 valence electrons. The molecule has 1 N–H and O–H groups in total. The van der Waals surface area contributed by atoms with E-state index in [1.165, 1.54) is 17.6 Å². The Morgan fingerprint density at radius 1 is 1.24 bits per heavy atom. The lowest BCUT2D eigenvalue weighted by atomic mass is 10.2. The third-order valence-corrected chi connectivity index (χ3v) is 5.11. The lowest BCUT2D eigenvalue weighted by Crippen LogP contribution is -2.16. The largest absolute Gasteiger partial charge is 0.497 e. The quantitative estimate of drug-likeness (QED) is 0.508. The molecular formula is C19H15ClN2O2S. The Kier molecular flexibility index (Phi) is 5.48. The summed E-state index contributed by atoms with van der Waals surface area (Å²) in [6.45, 7) is 0. The first-order valence-electron chi connectivity index (χ1n) is 7.50. The molecule has 1 amide bonds. The van der Waals surface area contributed by atoms with Gasteiger partial charge in [0.2, 0.25) is 0 Å². The van der Waals surface area contributed by atoms with Gasteiger partial charge in [-0.3, -0.25) is 4.79 Å². The Morgan fingerprint density at radius 2 is 2.04 bits per heavy atom. The van der Waals surface area contributed by atoms with Crippen LogP contribution in [0.1, 0.15) is 15.2 Å². The minimum atomic E-state index is -0.338. The lowest BCUT2D eigenvalue weighted by Gasteiger charge is -1.98. The molecular weight excluding hydrogens is 356 g/mol. The number of hydrogen-bond donors (Lipinski definition) is 1. The van der Waals surface area contributed by atoms with Gasteiger partial charge in [0.05, 0.1) is 12.1 Å². The number of methoxy groups -OCH3 is 1. The Bertz CT molecular complexity index is 949. The zero-order valence-corrected chi connectivity index (χ0v) is 15.0. The maximum absolute atomic E-state index is 12.3. The third kappa shape index (κ3) is 4.07. The number of thiophene rings is 1. The molecule has 0 aliphatic rings. The number of nitrogens with zero attached hydrogens (tertiary/aromatic N) is 1. The van der Waals surface area contributed by atoms with E-state index in [1.807, 2.05) is 54.6 Å². The van der Waals surface area contributed by atoms with E-state index >= 15 is 0 Å². The second-order valence-electron chi connectivity index (χ2n) is 5.10. The van der Waals surface area contributed by atoms with Gasteiger partial charge < -0.3 is 4.74 Å². The van der Waals surface area contributed by atoms with Gasteiger partial charge in [0, 0.05) is 16.3 Å². The SMILES string of the molecule is COc1ccc2c(Cl)c(C(=O)NN=CC=Cc3ccccc3)sc2c1. The summed E-state index contributed by atoms with van der Waals surface area (Å²) in [5.74, 6) is 0.385. The first-order valence-corrected chi connectivity index (χ1v) is 8.69. The minimum Gasteiger partial charge on any atom is -0.497 e. The summed E-state index contributed by atoms with van der Waals surface area (Å²) in [6.07, 6.45) is 5.18. The van der Waals surface area contributed by atoms with Crippen LogP contribution in [-0.2, 0) is 0 Å². The molecule has 3 rings (SSSR count). The predicted octanol–water partition coefficient (Wildman–Crippen LogP) is 4.99. The van der Waals surface area contributed by atoms with Crippen molar-refractivity contribution in [2.75, 3.05) is 7.11 Å². The van der Waals surface area contributed by atoms with Gasteiger partial charge in [-0.25, -0.2) is 5.43 Å². The topological polar surface area (TPSA) is 50.7 Å². The van der Waals surface area contributed by atoms with Crippen LogP contribution in [0, 0.1) is 0 Å². The number of amides is 1. The molecule has 2 aromatic carbocycles. The summed E-state index contributed by atoms with van der Waals surface area (Å²) in [6, 6.07) is 15.3. The van der Waals surface area contributed by atoms with Crippen LogP contribution in [0.15, 0.2) is 59.7 Å². The van der Waals surface area contributed by atoms with Crippen molar-refractivity contribution in [2.45, 2.75) is 0 Å². The average molecular weight is 371 g/mol. The molecule has 0 saturated carbocycles. The van der Waals surface area contributed by atoms with Crippen molar-refractivity contribution in [2.24, 2.45) is 5.10 Å². The van der Waals surface area contributed by atoms with Crippen LogP contribution in [0.4, 0.5) is 0 Å². The van der Waals surface area contributed by atoms with Gasteiger partial charge in [-0.05, 0) is 29.8 Å². The summed E-state index contributed by atoms with van der Waals surface area (Å²) >= 11 is 7.62. The fraction of sp³-hybridized carbons (Fsp3) is 0.0526. The van der Waals surface area contributed by atoms with Gasteiger partial charge in [0.15, 0.2) is 0 Å².